The molecule has 1 saturated heterocycles. The summed E-state index contributed by atoms with van der Waals surface area (Å²) < 4.78 is 10.5. The molecule has 94 valence electrons. The zero-order valence-corrected chi connectivity index (χ0v) is 10.5. The van der Waals surface area contributed by atoms with Gasteiger partial charge < -0.3 is 14.8 Å². The van der Waals surface area contributed by atoms with Crippen molar-refractivity contribution in [3.63, 3.8) is 0 Å². The van der Waals surface area contributed by atoms with Crippen LogP contribution in [0.15, 0.2) is 0 Å². The van der Waals surface area contributed by atoms with E-state index in [2.05, 4.69) is 12.2 Å². The summed E-state index contributed by atoms with van der Waals surface area (Å²) in [7, 11) is 0. The molecule has 3 unspecified atom stereocenters. The van der Waals surface area contributed by atoms with Crippen LogP contribution in [-0.4, -0.2) is 37.9 Å². The fourth-order valence-electron chi connectivity index (χ4n) is 1.97. The van der Waals surface area contributed by atoms with Gasteiger partial charge >= 0.3 is 5.97 Å². The van der Waals surface area contributed by atoms with Gasteiger partial charge in [-0.1, -0.05) is 6.92 Å². The van der Waals surface area contributed by atoms with E-state index in [4.69, 9.17) is 9.47 Å². The minimum Gasteiger partial charge on any atom is -0.465 e. The Morgan fingerprint density at radius 1 is 1.56 bits per heavy atom. The van der Waals surface area contributed by atoms with Gasteiger partial charge in [-0.3, -0.25) is 4.79 Å². The van der Waals surface area contributed by atoms with Crippen molar-refractivity contribution in [1.82, 2.24) is 5.32 Å². The first kappa shape index (κ1) is 13.5. The molecule has 0 aromatic carbocycles. The molecule has 4 nitrogen and oxygen atoms in total. The minimum absolute atomic E-state index is 0.142. The van der Waals surface area contributed by atoms with E-state index in [1.54, 1.807) is 0 Å². The van der Waals surface area contributed by atoms with E-state index >= 15 is 0 Å². The van der Waals surface area contributed by atoms with Crippen LogP contribution in [0.3, 0.4) is 0 Å². The van der Waals surface area contributed by atoms with Crippen LogP contribution in [0.25, 0.3) is 0 Å². The van der Waals surface area contributed by atoms with Crippen molar-refractivity contribution in [3.8, 4) is 0 Å². The predicted molar refractivity (Wildman–Crippen MR) is 62.2 cm³/mol. The lowest BCUT2D eigenvalue weighted by atomic mass is 10.0. The predicted octanol–water partition coefficient (Wildman–Crippen LogP) is 1.34. The van der Waals surface area contributed by atoms with Crippen LogP contribution >= 0.6 is 0 Å². The highest BCUT2D eigenvalue weighted by molar-refractivity contribution is 5.75. The second-order valence-corrected chi connectivity index (χ2v) is 4.25. The van der Waals surface area contributed by atoms with Crippen molar-refractivity contribution in [2.24, 2.45) is 5.92 Å². The van der Waals surface area contributed by atoms with Gasteiger partial charge in [-0.15, -0.1) is 0 Å². The number of esters is 1. The maximum absolute atomic E-state index is 11.5. The summed E-state index contributed by atoms with van der Waals surface area (Å²) >= 11 is 0. The number of rotatable bonds is 6. The first-order valence-electron chi connectivity index (χ1n) is 6.20. The minimum atomic E-state index is -0.173. The third-order valence-corrected chi connectivity index (χ3v) is 3.14. The molecule has 1 fully saturated rings. The molecule has 0 radical (unpaired) electrons. The van der Waals surface area contributed by atoms with Gasteiger partial charge in [0.15, 0.2) is 0 Å². The van der Waals surface area contributed by atoms with Crippen molar-refractivity contribution in [2.45, 2.75) is 45.8 Å². The molecular formula is C12H23NO3. The van der Waals surface area contributed by atoms with E-state index in [-0.39, 0.29) is 12.0 Å². The van der Waals surface area contributed by atoms with Crippen LogP contribution in [0.5, 0.6) is 0 Å². The second-order valence-electron chi connectivity index (χ2n) is 4.25. The maximum atomic E-state index is 11.5. The summed E-state index contributed by atoms with van der Waals surface area (Å²) in [4.78, 5) is 11.5. The maximum Gasteiger partial charge on any atom is 0.323 e. The number of nitrogens with one attached hydrogen (secondary N) is 1. The molecule has 0 aromatic rings. The van der Waals surface area contributed by atoms with Gasteiger partial charge in [0, 0.05) is 13.2 Å². The van der Waals surface area contributed by atoms with Crippen molar-refractivity contribution in [3.05, 3.63) is 0 Å². The van der Waals surface area contributed by atoms with Crippen LogP contribution in [0, 0.1) is 5.92 Å². The molecule has 3 atom stereocenters. The number of hydrogen-bond donors (Lipinski definition) is 1. The summed E-state index contributed by atoms with van der Waals surface area (Å²) in [5.41, 5.74) is 0. The largest absolute Gasteiger partial charge is 0.465 e. The molecule has 1 aliphatic rings. The molecule has 0 aromatic heterocycles. The highest BCUT2D eigenvalue weighted by Crippen LogP contribution is 2.19. The van der Waals surface area contributed by atoms with Crippen LogP contribution in [0.2, 0.25) is 0 Å². The molecule has 4 heteroatoms. The van der Waals surface area contributed by atoms with Gasteiger partial charge in [-0.2, -0.15) is 0 Å². The van der Waals surface area contributed by atoms with Crippen molar-refractivity contribution >= 4 is 5.97 Å². The zero-order valence-electron chi connectivity index (χ0n) is 10.5. The van der Waals surface area contributed by atoms with E-state index in [1.807, 2.05) is 13.8 Å². The normalized spacial score (nSPS) is 26.7. The van der Waals surface area contributed by atoms with Gasteiger partial charge in [0.1, 0.15) is 6.04 Å². The zero-order chi connectivity index (χ0) is 12.0. The van der Waals surface area contributed by atoms with Gasteiger partial charge in [0.05, 0.1) is 12.7 Å². The first-order chi connectivity index (χ1) is 7.69. The lowest BCUT2D eigenvalue weighted by Gasteiger charge is -2.19. The van der Waals surface area contributed by atoms with Gasteiger partial charge in [-0.05, 0) is 32.6 Å². The Morgan fingerprint density at radius 3 is 2.81 bits per heavy atom. The van der Waals surface area contributed by atoms with Crippen LogP contribution in [0.1, 0.15) is 33.6 Å². The van der Waals surface area contributed by atoms with E-state index in [1.165, 1.54) is 0 Å². The average Bonchev–Trinajstić information content (AvgIpc) is 2.66. The molecule has 0 saturated carbocycles. The summed E-state index contributed by atoms with van der Waals surface area (Å²) in [5.74, 6) is 0.375. The lowest BCUT2D eigenvalue weighted by Crippen LogP contribution is -2.41. The monoisotopic (exact) mass is 229 g/mol. The molecule has 0 amide bonds. The summed E-state index contributed by atoms with van der Waals surface area (Å²) in [6, 6.07) is -0.173. The first-order valence-corrected chi connectivity index (χ1v) is 6.20. The summed E-state index contributed by atoms with van der Waals surface area (Å²) in [6.45, 7) is 8.02. The molecule has 0 spiro atoms. The smallest absolute Gasteiger partial charge is 0.323 e. The highest BCUT2D eigenvalue weighted by Gasteiger charge is 2.26. The van der Waals surface area contributed by atoms with Gasteiger partial charge in [0.2, 0.25) is 0 Å². The molecule has 1 N–H and O–H groups in total. The molecular weight excluding hydrogens is 206 g/mol. The third-order valence-electron chi connectivity index (χ3n) is 3.14. The Morgan fingerprint density at radius 2 is 2.31 bits per heavy atom. The molecule has 16 heavy (non-hydrogen) atoms. The fourth-order valence-corrected chi connectivity index (χ4v) is 1.97. The molecule has 0 aliphatic carbocycles. The lowest BCUT2D eigenvalue weighted by molar-refractivity contribution is -0.145. The topological polar surface area (TPSA) is 47.6 Å². The number of carbonyl (C=O) groups is 1. The van der Waals surface area contributed by atoms with E-state index in [0.717, 1.165) is 26.0 Å². The Kier molecular flexibility index (Phi) is 5.77. The SMILES string of the molecule is CCOC(=O)C(CC)NCC1CCOC1C. The van der Waals surface area contributed by atoms with Gasteiger partial charge in [-0.25, -0.2) is 0 Å². The van der Waals surface area contributed by atoms with Crippen molar-refractivity contribution in [1.29, 1.82) is 0 Å². The number of hydrogen-bond acceptors (Lipinski definition) is 4. The second kappa shape index (κ2) is 6.86. The van der Waals surface area contributed by atoms with E-state index in [9.17, 15) is 4.79 Å². The number of carbonyl (C=O) groups excluding carboxylic acids is 1. The molecule has 1 aliphatic heterocycles. The highest BCUT2D eigenvalue weighted by atomic mass is 16.5. The Hall–Kier alpha value is -0.610. The van der Waals surface area contributed by atoms with Crippen molar-refractivity contribution in [2.75, 3.05) is 19.8 Å². The number of ether oxygens (including phenoxy) is 2. The fraction of sp³-hybridized carbons (Fsp3) is 0.917. The Labute approximate surface area is 97.7 Å². The molecule has 1 rings (SSSR count). The van der Waals surface area contributed by atoms with E-state index < -0.39 is 0 Å². The van der Waals surface area contributed by atoms with E-state index in [0.29, 0.717) is 18.6 Å². The average molecular weight is 229 g/mol. The van der Waals surface area contributed by atoms with Crippen LogP contribution < -0.4 is 5.32 Å². The van der Waals surface area contributed by atoms with Crippen LogP contribution in [0.4, 0.5) is 0 Å². The third kappa shape index (κ3) is 3.76. The quantitative estimate of drug-likeness (QED) is 0.698. The van der Waals surface area contributed by atoms with Gasteiger partial charge in [0.25, 0.3) is 0 Å². The molecule has 0 bridgehead atoms. The standard InChI is InChI=1S/C12H23NO3/c1-4-11(12(14)15-5-2)13-8-10-6-7-16-9(10)3/h9-11,13H,4-8H2,1-3H3. The molecule has 1 heterocycles. The van der Waals surface area contributed by atoms with Crippen LogP contribution in [-0.2, 0) is 14.3 Å². The summed E-state index contributed by atoms with van der Waals surface area (Å²) in [5, 5.41) is 3.27. The summed E-state index contributed by atoms with van der Waals surface area (Å²) in [6.07, 6.45) is 2.14. The Balaban J connectivity index is 2.30. The Bertz CT molecular complexity index is 220. The van der Waals surface area contributed by atoms with Crippen molar-refractivity contribution < 1.29 is 14.3 Å².